The van der Waals surface area contributed by atoms with Crippen molar-refractivity contribution in [1.82, 2.24) is 0 Å². The summed E-state index contributed by atoms with van der Waals surface area (Å²) in [5, 5.41) is 0.880. The van der Waals surface area contributed by atoms with E-state index in [9.17, 15) is 9.59 Å². The van der Waals surface area contributed by atoms with Crippen molar-refractivity contribution in [2.24, 2.45) is 0 Å². The van der Waals surface area contributed by atoms with Crippen LogP contribution < -0.4 is 10.4 Å². The van der Waals surface area contributed by atoms with E-state index in [0.717, 1.165) is 10.9 Å². The number of ether oxygens (including phenoxy) is 1. The summed E-state index contributed by atoms with van der Waals surface area (Å²) in [4.78, 5) is 24.5. The Balaban J connectivity index is 1.90. The van der Waals surface area contributed by atoms with Crippen LogP contribution in [-0.4, -0.2) is 11.9 Å². The van der Waals surface area contributed by atoms with Crippen LogP contribution in [0.1, 0.15) is 35.3 Å². The van der Waals surface area contributed by atoms with Crippen molar-refractivity contribution < 1.29 is 13.9 Å². The van der Waals surface area contributed by atoms with E-state index in [1.54, 1.807) is 31.2 Å². The second kappa shape index (κ2) is 6.93. The quantitative estimate of drug-likeness (QED) is 0.514. The van der Waals surface area contributed by atoms with Crippen LogP contribution in [0.3, 0.4) is 0 Å². The van der Waals surface area contributed by atoms with Crippen molar-refractivity contribution in [2.75, 3.05) is 0 Å². The number of hydrogen-bond donors (Lipinski definition) is 0. The van der Waals surface area contributed by atoms with Gasteiger partial charge < -0.3 is 9.15 Å². The third-order valence-corrected chi connectivity index (χ3v) is 4.35. The Kier molecular flexibility index (Phi) is 4.70. The number of Topliss-reactive ketones (excluding diaryl/α,β-unsaturated/α-hetero) is 1. The van der Waals surface area contributed by atoms with E-state index in [2.05, 4.69) is 0 Å². The van der Waals surface area contributed by atoms with Crippen molar-refractivity contribution in [2.45, 2.75) is 33.3 Å². The first-order valence-electron chi connectivity index (χ1n) is 8.33. The molecular weight excluding hydrogens is 316 g/mol. The molecule has 0 fully saturated rings. The zero-order valence-electron chi connectivity index (χ0n) is 14.5. The van der Waals surface area contributed by atoms with Crippen LogP contribution in [0.4, 0.5) is 0 Å². The molecule has 25 heavy (non-hydrogen) atoms. The number of fused-ring (bicyclic) bond motifs is 1. The molecule has 0 amide bonds. The SMILES string of the molecule is CCc1c(C)c2ccc(OC(C)C(=O)c3ccccc3)cc2oc1=O. The summed E-state index contributed by atoms with van der Waals surface area (Å²) >= 11 is 0. The van der Waals surface area contributed by atoms with Gasteiger partial charge in [-0.2, -0.15) is 0 Å². The molecule has 0 aliphatic heterocycles. The average molecular weight is 336 g/mol. The Morgan fingerprint density at radius 2 is 1.88 bits per heavy atom. The molecule has 128 valence electrons. The van der Waals surface area contributed by atoms with Gasteiger partial charge in [0.15, 0.2) is 6.10 Å². The minimum atomic E-state index is -0.636. The van der Waals surface area contributed by atoms with Crippen LogP contribution in [0.5, 0.6) is 5.75 Å². The summed E-state index contributed by atoms with van der Waals surface area (Å²) in [5.74, 6) is 0.399. The summed E-state index contributed by atoms with van der Waals surface area (Å²) in [6, 6.07) is 14.3. The number of rotatable bonds is 5. The first kappa shape index (κ1) is 17.0. The highest BCUT2D eigenvalue weighted by Gasteiger charge is 2.17. The number of benzene rings is 2. The average Bonchev–Trinajstić information content (AvgIpc) is 2.62. The summed E-state index contributed by atoms with van der Waals surface area (Å²) in [6.45, 7) is 5.56. The first-order valence-corrected chi connectivity index (χ1v) is 8.33. The lowest BCUT2D eigenvalue weighted by Crippen LogP contribution is -2.23. The van der Waals surface area contributed by atoms with E-state index >= 15 is 0 Å². The van der Waals surface area contributed by atoms with E-state index in [0.29, 0.717) is 28.9 Å². The van der Waals surface area contributed by atoms with Crippen molar-refractivity contribution >= 4 is 16.8 Å². The van der Waals surface area contributed by atoms with Gasteiger partial charge in [0.05, 0.1) is 0 Å². The molecule has 0 saturated carbocycles. The minimum absolute atomic E-state index is 0.0975. The standard InChI is InChI=1S/C21H20O4/c1-4-17-13(2)18-11-10-16(12-19(18)25-21(17)23)24-14(3)20(22)15-8-6-5-7-9-15/h5-12,14H,4H2,1-3H3. The number of carbonyl (C=O) groups excluding carboxylic acids is 1. The maximum Gasteiger partial charge on any atom is 0.339 e. The molecule has 1 heterocycles. The third-order valence-electron chi connectivity index (χ3n) is 4.35. The minimum Gasteiger partial charge on any atom is -0.482 e. The van der Waals surface area contributed by atoms with Crippen LogP contribution in [0.2, 0.25) is 0 Å². The van der Waals surface area contributed by atoms with Gasteiger partial charge in [-0.05, 0) is 38.0 Å². The molecule has 0 aliphatic carbocycles. The molecule has 3 aromatic rings. The Labute approximate surface area is 146 Å². The highest BCUT2D eigenvalue weighted by Crippen LogP contribution is 2.25. The van der Waals surface area contributed by atoms with Gasteiger partial charge in [0, 0.05) is 22.6 Å². The predicted molar refractivity (Wildman–Crippen MR) is 97.5 cm³/mol. The summed E-state index contributed by atoms with van der Waals surface area (Å²) in [6.07, 6.45) is -0.00657. The van der Waals surface area contributed by atoms with E-state index in [4.69, 9.17) is 9.15 Å². The van der Waals surface area contributed by atoms with E-state index < -0.39 is 6.10 Å². The Morgan fingerprint density at radius 3 is 2.56 bits per heavy atom. The number of carbonyl (C=O) groups is 1. The van der Waals surface area contributed by atoms with Crippen LogP contribution in [-0.2, 0) is 6.42 Å². The van der Waals surface area contributed by atoms with Crippen LogP contribution in [0.25, 0.3) is 11.0 Å². The molecule has 4 nitrogen and oxygen atoms in total. The van der Waals surface area contributed by atoms with Gasteiger partial charge in [0.25, 0.3) is 0 Å². The second-order valence-corrected chi connectivity index (χ2v) is 5.99. The lowest BCUT2D eigenvalue weighted by Gasteiger charge is -2.14. The third kappa shape index (κ3) is 3.33. The van der Waals surface area contributed by atoms with Crippen LogP contribution >= 0.6 is 0 Å². The molecular formula is C21H20O4. The maximum absolute atomic E-state index is 12.4. The molecule has 1 aromatic heterocycles. The highest BCUT2D eigenvalue weighted by atomic mass is 16.5. The summed E-state index contributed by atoms with van der Waals surface area (Å²) < 4.78 is 11.2. The Hall–Kier alpha value is -2.88. The summed E-state index contributed by atoms with van der Waals surface area (Å²) in [7, 11) is 0. The van der Waals surface area contributed by atoms with Gasteiger partial charge in [-0.3, -0.25) is 4.79 Å². The van der Waals surface area contributed by atoms with Crippen molar-refractivity contribution in [3.05, 3.63) is 75.6 Å². The molecule has 1 unspecified atom stereocenters. The number of aryl methyl sites for hydroxylation is 1. The van der Waals surface area contributed by atoms with Gasteiger partial charge in [-0.1, -0.05) is 37.3 Å². The number of hydrogen-bond acceptors (Lipinski definition) is 4. The fraction of sp³-hybridized carbons (Fsp3) is 0.238. The normalized spacial score (nSPS) is 12.1. The molecule has 0 spiro atoms. The molecule has 1 atom stereocenters. The van der Waals surface area contributed by atoms with Gasteiger partial charge in [0.2, 0.25) is 5.78 Å². The molecule has 0 N–H and O–H groups in total. The van der Waals surface area contributed by atoms with Gasteiger partial charge in [-0.15, -0.1) is 0 Å². The predicted octanol–water partition coefficient (Wildman–Crippen LogP) is 4.31. The molecule has 3 rings (SSSR count). The molecule has 0 radical (unpaired) electrons. The molecule has 0 aliphatic rings. The van der Waals surface area contributed by atoms with Crippen molar-refractivity contribution in [3.63, 3.8) is 0 Å². The Morgan fingerprint density at radius 1 is 1.16 bits per heavy atom. The fourth-order valence-corrected chi connectivity index (χ4v) is 2.95. The molecule has 4 heteroatoms. The summed E-state index contributed by atoms with van der Waals surface area (Å²) in [5.41, 5.74) is 2.36. The molecule has 0 saturated heterocycles. The lowest BCUT2D eigenvalue weighted by molar-refractivity contribution is 0.0818. The van der Waals surface area contributed by atoms with E-state index in [-0.39, 0.29) is 11.4 Å². The maximum atomic E-state index is 12.4. The molecule has 2 aromatic carbocycles. The van der Waals surface area contributed by atoms with Gasteiger partial charge in [0.1, 0.15) is 11.3 Å². The van der Waals surface area contributed by atoms with E-state index in [1.807, 2.05) is 38.1 Å². The van der Waals surface area contributed by atoms with E-state index in [1.165, 1.54) is 0 Å². The Bertz CT molecular complexity index is 970. The van der Waals surface area contributed by atoms with Gasteiger partial charge in [-0.25, -0.2) is 4.79 Å². The fourth-order valence-electron chi connectivity index (χ4n) is 2.95. The topological polar surface area (TPSA) is 56.5 Å². The van der Waals surface area contributed by atoms with Crippen LogP contribution in [0, 0.1) is 6.92 Å². The zero-order chi connectivity index (χ0) is 18.0. The van der Waals surface area contributed by atoms with Crippen molar-refractivity contribution in [3.8, 4) is 5.75 Å². The zero-order valence-corrected chi connectivity index (χ0v) is 14.5. The van der Waals surface area contributed by atoms with Gasteiger partial charge >= 0.3 is 5.63 Å². The monoisotopic (exact) mass is 336 g/mol. The molecule has 0 bridgehead atoms. The largest absolute Gasteiger partial charge is 0.482 e. The number of ketones is 1. The smallest absolute Gasteiger partial charge is 0.339 e. The first-order chi connectivity index (χ1) is 12.0. The highest BCUT2D eigenvalue weighted by molar-refractivity contribution is 5.99. The van der Waals surface area contributed by atoms with Crippen molar-refractivity contribution in [1.29, 1.82) is 0 Å². The lowest BCUT2D eigenvalue weighted by atomic mass is 10.0. The van der Waals surface area contributed by atoms with Crippen LogP contribution in [0.15, 0.2) is 57.7 Å². The second-order valence-electron chi connectivity index (χ2n) is 5.99.